The lowest BCUT2D eigenvalue weighted by Gasteiger charge is -2.25. The summed E-state index contributed by atoms with van der Waals surface area (Å²) in [5.74, 6) is -0.0883. The Kier molecular flexibility index (Phi) is 7.25. The monoisotopic (exact) mass is 471 g/mol. The van der Waals surface area contributed by atoms with E-state index in [1.807, 2.05) is 16.8 Å². The fraction of sp³-hybridized carbons (Fsp3) is 0.435. The van der Waals surface area contributed by atoms with Gasteiger partial charge in [-0.05, 0) is 72.1 Å². The molecule has 2 aromatic rings. The van der Waals surface area contributed by atoms with Crippen LogP contribution in [0.2, 0.25) is 0 Å². The lowest BCUT2D eigenvalue weighted by Crippen LogP contribution is -2.38. The number of hydrogen-bond acceptors (Lipinski definition) is 7. The SMILES string of the molecule is N#Cc1c(NC(=O)/C=C/c2ccsc2)sc2c1CCC(COC(=O)N1CCCC1CO)C2. The summed E-state index contributed by atoms with van der Waals surface area (Å²) < 4.78 is 5.55. The highest BCUT2D eigenvalue weighted by molar-refractivity contribution is 7.16. The average Bonchev–Trinajstić information content (AvgIpc) is 3.55. The van der Waals surface area contributed by atoms with Crippen molar-refractivity contribution in [2.24, 2.45) is 5.92 Å². The molecule has 32 heavy (non-hydrogen) atoms. The largest absolute Gasteiger partial charge is 0.449 e. The predicted octanol–water partition coefficient (Wildman–Crippen LogP) is 4.03. The summed E-state index contributed by atoms with van der Waals surface area (Å²) in [5.41, 5.74) is 2.51. The highest BCUT2D eigenvalue weighted by Crippen LogP contribution is 2.39. The summed E-state index contributed by atoms with van der Waals surface area (Å²) >= 11 is 3.00. The zero-order valence-electron chi connectivity index (χ0n) is 17.6. The smallest absolute Gasteiger partial charge is 0.410 e. The van der Waals surface area contributed by atoms with Gasteiger partial charge in [0.05, 0.1) is 24.8 Å². The Bertz CT molecular complexity index is 1040. The molecule has 2 aliphatic rings. The molecule has 7 nitrogen and oxygen atoms in total. The van der Waals surface area contributed by atoms with E-state index >= 15 is 0 Å². The maximum atomic E-state index is 12.4. The Hall–Kier alpha value is -2.67. The van der Waals surface area contributed by atoms with Gasteiger partial charge in [0.15, 0.2) is 0 Å². The number of ether oxygens (including phenoxy) is 1. The number of carbonyl (C=O) groups is 2. The van der Waals surface area contributed by atoms with Gasteiger partial charge in [-0.25, -0.2) is 4.79 Å². The van der Waals surface area contributed by atoms with Crippen molar-refractivity contribution in [3.05, 3.63) is 44.5 Å². The molecule has 2 aromatic heterocycles. The molecule has 9 heteroatoms. The van der Waals surface area contributed by atoms with Gasteiger partial charge in [0.1, 0.15) is 11.1 Å². The lowest BCUT2D eigenvalue weighted by atomic mass is 9.88. The van der Waals surface area contributed by atoms with Crippen LogP contribution in [-0.4, -0.2) is 47.8 Å². The zero-order chi connectivity index (χ0) is 22.5. The first-order valence-electron chi connectivity index (χ1n) is 10.7. The number of anilines is 1. The van der Waals surface area contributed by atoms with Crippen LogP contribution in [0.5, 0.6) is 0 Å². The third-order valence-corrected chi connectivity index (χ3v) is 7.82. The predicted molar refractivity (Wildman–Crippen MR) is 125 cm³/mol. The number of likely N-dealkylation sites (tertiary alicyclic amines) is 1. The van der Waals surface area contributed by atoms with Crippen molar-refractivity contribution in [1.82, 2.24) is 4.90 Å². The normalized spacial score (nSPS) is 20.2. The van der Waals surface area contributed by atoms with Crippen molar-refractivity contribution in [2.75, 3.05) is 25.1 Å². The van der Waals surface area contributed by atoms with Crippen LogP contribution in [0.15, 0.2) is 22.9 Å². The molecular weight excluding hydrogens is 446 g/mol. The highest BCUT2D eigenvalue weighted by atomic mass is 32.1. The number of nitrogens with one attached hydrogen (secondary N) is 1. The van der Waals surface area contributed by atoms with E-state index in [4.69, 9.17) is 4.74 Å². The van der Waals surface area contributed by atoms with E-state index in [2.05, 4.69) is 11.4 Å². The number of aliphatic hydroxyl groups excluding tert-OH is 1. The van der Waals surface area contributed by atoms with E-state index in [-0.39, 0.29) is 30.6 Å². The Morgan fingerprint density at radius 3 is 3.03 bits per heavy atom. The van der Waals surface area contributed by atoms with Gasteiger partial charge in [-0.15, -0.1) is 11.3 Å². The van der Waals surface area contributed by atoms with Crippen LogP contribution in [-0.2, 0) is 22.4 Å². The number of nitrogens with zero attached hydrogens (tertiary/aromatic N) is 2. The number of rotatable bonds is 6. The van der Waals surface area contributed by atoms with Crippen LogP contribution in [0, 0.1) is 17.2 Å². The summed E-state index contributed by atoms with van der Waals surface area (Å²) in [6, 6.07) is 4.04. The molecule has 1 fully saturated rings. The molecule has 4 rings (SSSR count). The van der Waals surface area contributed by atoms with Crippen molar-refractivity contribution in [3.63, 3.8) is 0 Å². The van der Waals surface area contributed by atoms with Crippen molar-refractivity contribution >= 4 is 45.8 Å². The van der Waals surface area contributed by atoms with E-state index in [1.54, 1.807) is 22.3 Å². The van der Waals surface area contributed by atoms with Gasteiger partial charge in [0, 0.05) is 17.5 Å². The molecule has 0 spiro atoms. The Balaban J connectivity index is 1.36. The number of aliphatic hydroxyl groups is 1. The van der Waals surface area contributed by atoms with Crippen LogP contribution >= 0.6 is 22.7 Å². The number of hydrogen-bond donors (Lipinski definition) is 2. The van der Waals surface area contributed by atoms with Gasteiger partial charge in [-0.1, -0.05) is 0 Å². The van der Waals surface area contributed by atoms with Crippen LogP contribution in [0.4, 0.5) is 9.80 Å². The molecule has 2 unspecified atom stereocenters. The minimum Gasteiger partial charge on any atom is -0.449 e. The van der Waals surface area contributed by atoms with Gasteiger partial charge < -0.3 is 20.1 Å². The fourth-order valence-electron chi connectivity index (χ4n) is 4.24. The van der Waals surface area contributed by atoms with Crippen LogP contribution in [0.25, 0.3) is 6.08 Å². The molecule has 1 aliphatic heterocycles. The maximum Gasteiger partial charge on any atom is 0.410 e. The molecule has 0 radical (unpaired) electrons. The van der Waals surface area contributed by atoms with E-state index in [0.717, 1.165) is 41.7 Å². The average molecular weight is 472 g/mol. The summed E-state index contributed by atoms with van der Waals surface area (Å²) in [6.07, 6.45) is 6.81. The van der Waals surface area contributed by atoms with Crippen LogP contribution in [0.3, 0.4) is 0 Å². The third kappa shape index (κ3) is 5.04. The molecule has 0 aromatic carbocycles. The standard InChI is InChI=1S/C23H25N3O4S2/c24-11-19-18-5-3-16(13-30-23(29)26-8-1-2-17(26)12-27)10-20(18)32-22(19)25-21(28)6-4-15-7-9-31-14-15/h4,6-7,9,14,16-17,27H,1-3,5,8,10,12-13H2,(H,25,28)/b6-4+. The zero-order valence-corrected chi connectivity index (χ0v) is 19.2. The third-order valence-electron chi connectivity index (χ3n) is 5.95. The molecule has 1 aliphatic carbocycles. The quantitative estimate of drug-likeness (QED) is 0.619. The van der Waals surface area contributed by atoms with Crippen LogP contribution < -0.4 is 5.32 Å². The number of thiophene rings is 2. The van der Waals surface area contributed by atoms with Crippen molar-refractivity contribution in [1.29, 1.82) is 5.26 Å². The Labute approximate surface area is 194 Å². The Morgan fingerprint density at radius 1 is 1.41 bits per heavy atom. The molecule has 1 saturated heterocycles. The second kappa shape index (κ2) is 10.3. The Morgan fingerprint density at radius 2 is 2.28 bits per heavy atom. The summed E-state index contributed by atoms with van der Waals surface area (Å²) in [6.45, 7) is 0.905. The molecule has 3 heterocycles. The van der Waals surface area contributed by atoms with Gasteiger partial charge in [0.25, 0.3) is 0 Å². The molecule has 0 saturated carbocycles. The van der Waals surface area contributed by atoms with E-state index in [1.165, 1.54) is 17.4 Å². The molecule has 2 amide bonds. The first-order chi connectivity index (χ1) is 15.6. The molecular formula is C23H25N3O4S2. The lowest BCUT2D eigenvalue weighted by molar-refractivity contribution is -0.111. The molecule has 0 bridgehead atoms. The first-order valence-corrected chi connectivity index (χ1v) is 12.4. The number of nitriles is 1. The van der Waals surface area contributed by atoms with Gasteiger partial charge in [-0.2, -0.15) is 16.6 Å². The molecule has 2 N–H and O–H groups in total. The second-order valence-electron chi connectivity index (χ2n) is 8.06. The fourth-order valence-corrected chi connectivity index (χ4v) is 6.18. The van der Waals surface area contributed by atoms with Gasteiger partial charge in [0.2, 0.25) is 5.91 Å². The minimum atomic E-state index is -0.360. The van der Waals surface area contributed by atoms with E-state index in [9.17, 15) is 20.0 Å². The van der Waals surface area contributed by atoms with Gasteiger partial charge >= 0.3 is 6.09 Å². The van der Waals surface area contributed by atoms with Crippen molar-refractivity contribution < 1.29 is 19.4 Å². The highest BCUT2D eigenvalue weighted by Gasteiger charge is 2.31. The van der Waals surface area contributed by atoms with E-state index < -0.39 is 0 Å². The van der Waals surface area contributed by atoms with E-state index in [0.29, 0.717) is 30.1 Å². The number of fused-ring (bicyclic) bond motifs is 1. The summed E-state index contributed by atoms with van der Waals surface area (Å²) in [5, 5.41) is 26.4. The van der Waals surface area contributed by atoms with Crippen LogP contribution in [0.1, 0.15) is 40.8 Å². The first kappa shape index (κ1) is 22.5. The summed E-state index contributed by atoms with van der Waals surface area (Å²) in [7, 11) is 0. The van der Waals surface area contributed by atoms with Crippen molar-refractivity contribution in [2.45, 2.75) is 38.1 Å². The number of amides is 2. The van der Waals surface area contributed by atoms with Crippen molar-refractivity contribution in [3.8, 4) is 6.07 Å². The maximum absolute atomic E-state index is 12.4. The second-order valence-corrected chi connectivity index (χ2v) is 9.94. The molecule has 2 atom stereocenters. The minimum absolute atomic E-state index is 0.0367. The topological polar surface area (TPSA) is 103 Å². The number of carbonyl (C=O) groups excluding carboxylic acids is 2. The molecule has 168 valence electrons. The van der Waals surface area contributed by atoms with Gasteiger partial charge in [-0.3, -0.25) is 4.79 Å². The summed E-state index contributed by atoms with van der Waals surface area (Å²) in [4.78, 5) is 27.4.